The molecule has 1 aliphatic heterocycles. The van der Waals surface area contributed by atoms with Crippen LogP contribution in [0.25, 0.3) is 11.0 Å². The number of aryl methyl sites for hydroxylation is 1. The Labute approximate surface area is 141 Å². The molecule has 0 aliphatic carbocycles. The molecule has 2 atom stereocenters. The van der Waals surface area contributed by atoms with Gasteiger partial charge in [-0.2, -0.15) is 0 Å². The number of thiocarbonyl (C=S) groups is 1. The smallest absolute Gasteiger partial charge is 0.336 e. The topological polar surface area (TPSA) is 45.5 Å². The van der Waals surface area contributed by atoms with Gasteiger partial charge in [0.25, 0.3) is 0 Å². The number of rotatable bonds is 1. The van der Waals surface area contributed by atoms with E-state index < -0.39 is 0 Å². The third-order valence-corrected chi connectivity index (χ3v) is 4.72. The van der Waals surface area contributed by atoms with Gasteiger partial charge >= 0.3 is 5.63 Å². The Kier molecular flexibility index (Phi) is 4.39. The fourth-order valence-corrected chi connectivity index (χ4v) is 3.70. The lowest BCUT2D eigenvalue weighted by atomic mass is 9.92. The van der Waals surface area contributed by atoms with Crippen molar-refractivity contribution >= 4 is 34.0 Å². The van der Waals surface area contributed by atoms with Gasteiger partial charge in [-0.05, 0) is 55.1 Å². The molecule has 1 saturated heterocycles. The zero-order valence-electron chi connectivity index (χ0n) is 13.8. The predicted molar refractivity (Wildman–Crippen MR) is 98.0 cm³/mol. The highest BCUT2D eigenvalue weighted by molar-refractivity contribution is 7.80. The van der Waals surface area contributed by atoms with Gasteiger partial charge in [-0.1, -0.05) is 13.8 Å². The first-order valence-corrected chi connectivity index (χ1v) is 8.43. The van der Waals surface area contributed by atoms with E-state index in [1.165, 1.54) is 12.5 Å². The molecule has 3 rings (SSSR count). The fourth-order valence-electron chi connectivity index (χ4n) is 3.43. The Morgan fingerprint density at radius 1 is 1.26 bits per heavy atom. The third kappa shape index (κ3) is 3.55. The lowest BCUT2D eigenvalue weighted by Gasteiger charge is -2.36. The van der Waals surface area contributed by atoms with E-state index in [2.05, 4.69) is 24.1 Å². The number of likely N-dealkylation sites (tertiary alicyclic amines) is 1. The summed E-state index contributed by atoms with van der Waals surface area (Å²) in [5.74, 6) is 1.30. The molecule has 0 radical (unpaired) electrons. The van der Waals surface area contributed by atoms with Crippen molar-refractivity contribution in [2.24, 2.45) is 11.8 Å². The molecule has 0 spiro atoms. The van der Waals surface area contributed by atoms with Crippen LogP contribution >= 0.6 is 12.2 Å². The van der Waals surface area contributed by atoms with E-state index in [9.17, 15) is 4.79 Å². The minimum Gasteiger partial charge on any atom is -0.423 e. The van der Waals surface area contributed by atoms with Gasteiger partial charge in [0.15, 0.2) is 5.11 Å². The second-order valence-electron chi connectivity index (χ2n) is 6.74. The summed E-state index contributed by atoms with van der Waals surface area (Å²) >= 11 is 5.56. The molecule has 1 aliphatic rings. The number of hydrogen-bond donors (Lipinski definition) is 1. The summed E-state index contributed by atoms with van der Waals surface area (Å²) in [6.07, 6.45) is 1.25. The summed E-state index contributed by atoms with van der Waals surface area (Å²) in [4.78, 5) is 13.8. The molecule has 1 N–H and O–H groups in total. The van der Waals surface area contributed by atoms with Crippen molar-refractivity contribution in [3.8, 4) is 0 Å². The second kappa shape index (κ2) is 6.32. The molecule has 1 fully saturated rings. The number of hydrogen-bond acceptors (Lipinski definition) is 3. The molecule has 5 heteroatoms. The molecular weight excluding hydrogens is 308 g/mol. The van der Waals surface area contributed by atoms with Crippen molar-refractivity contribution in [2.75, 3.05) is 18.4 Å². The molecule has 1 aromatic heterocycles. The molecule has 23 heavy (non-hydrogen) atoms. The highest BCUT2D eigenvalue weighted by atomic mass is 32.1. The van der Waals surface area contributed by atoms with E-state index in [-0.39, 0.29) is 5.63 Å². The van der Waals surface area contributed by atoms with Gasteiger partial charge in [-0.3, -0.25) is 0 Å². The standard InChI is InChI=1S/C18H22N2O2S/c1-11-6-12(2)10-20(9-11)18(23)19-14-4-5-15-13(3)7-17(21)22-16(15)8-14/h4-5,7-8,11-12H,6,9-10H2,1-3H3,(H,19,23)/t11-,12-/m0/s1. The van der Waals surface area contributed by atoms with E-state index in [1.54, 1.807) is 0 Å². The van der Waals surface area contributed by atoms with E-state index in [1.807, 2.05) is 25.1 Å². The molecule has 0 unspecified atom stereocenters. The van der Waals surface area contributed by atoms with E-state index >= 15 is 0 Å². The highest BCUT2D eigenvalue weighted by Crippen LogP contribution is 2.24. The van der Waals surface area contributed by atoms with Gasteiger partial charge in [-0.15, -0.1) is 0 Å². The van der Waals surface area contributed by atoms with Crippen LogP contribution in [0.5, 0.6) is 0 Å². The molecule has 4 nitrogen and oxygen atoms in total. The molecule has 0 amide bonds. The highest BCUT2D eigenvalue weighted by Gasteiger charge is 2.23. The predicted octanol–water partition coefficient (Wildman–Crippen LogP) is 3.78. The van der Waals surface area contributed by atoms with Gasteiger partial charge in [0.1, 0.15) is 5.58 Å². The van der Waals surface area contributed by atoms with Crippen molar-refractivity contribution in [1.82, 2.24) is 4.90 Å². The van der Waals surface area contributed by atoms with Gasteiger partial charge in [0.2, 0.25) is 0 Å². The summed E-state index contributed by atoms with van der Waals surface area (Å²) in [7, 11) is 0. The van der Waals surface area contributed by atoms with Crippen LogP contribution in [0.2, 0.25) is 0 Å². The van der Waals surface area contributed by atoms with Crippen LogP contribution in [0.3, 0.4) is 0 Å². The van der Waals surface area contributed by atoms with Crippen LogP contribution in [0, 0.1) is 18.8 Å². The first kappa shape index (κ1) is 16.0. The van der Waals surface area contributed by atoms with Crippen LogP contribution in [-0.2, 0) is 0 Å². The summed E-state index contributed by atoms with van der Waals surface area (Å²) in [5, 5.41) is 4.96. The Morgan fingerprint density at radius 3 is 2.65 bits per heavy atom. The van der Waals surface area contributed by atoms with Gasteiger partial charge < -0.3 is 14.6 Å². The molecule has 2 heterocycles. The van der Waals surface area contributed by atoms with Gasteiger partial charge in [-0.25, -0.2) is 4.79 Å². The lowest BCUT2D eigenvalue weighted by molar-refractivity contribution is 0.216. The van der Waals surface area contributed by atoms with Gasteiger partial charge in [0, 0.05) is 36.3 Å². The van der Waals surface area contributed by atoms with Crippen LogP contribution in [0.4, 0.5) is 5.69 Å². The fraction of sp³-hybridized carbons (Fsp3) is 0.444. The maximum absolute atomic E-state index is 11.5. The quantitative estimate of drug-likeness (QED) is 0.637. The van der Waals surface area contributed by atoms with E-state index in [0.29, 0.717) is 17.4 Å². The first-order chi connectivity index (χ1) is 10.9. The Balaban J connectivity index is 1.81. The lowest BCUT2D eigenvalue weighted by Crippen LogP contribution is -2.44. The Hall–Kier alpha value is -1.88. The molecule has 2 aromatic rings. The van der Waals surface area contributed by atoms with Crippen molar-refractivity contribution in [2.45, 2.75) is 27.2 Å². The minimum absolute atomic E-state index is 0.326. The molecular formula is C18H22N2O2S. The van der Waals surface area contributed by atoms with Crippen LogP contribution < -0.4 is 10.9 Å². The zero-order valence-corrected chi connectivity index (χ0v) is 14.6. The number of fused-ring (bicyclic) bond motifs is 1. The van der Waals surface area contributed by atoms with Crippen LogP contribution in [0.15, 0.2) is 33.5 Å². The van der Waals surface area contributed by atoms with Crippen molar-refractivity contribution in [3.63, 3.8) is 0 Å². The molecule has 122 valence electrons. The summed E-state index contributed by atoms with van der Waals surface area (Å²) in [6.45, 7) is 8.40. The SMILES string of the molecule is Cc1cc(=O)oc2cc(NC(=S)N3C[C@@H](C)C[C@H](C)C3)ccc12. The number of nitrogens with one attached hydrogen (secondary N) is 1. The monoisotopic (exact) mass is 330 g/mol. The zero-order chi connectivity index (χ0) is 16.6. The van der Waals surface area contributed by atoms with E-state index in [4.69, 9.17) is 16.6 Å². The Bertz CT molecular complexity index is 789. The molecule has 0 saturated carbocycles. The van der Waals surface area contributed by atoms with Crippen molar-refractivity contribution in [1.29, 1.82) is 0 Å². The maximum Gasteiger partial charge on any atom is 0.336 e. The van der Waals surface area contributed by atoms with Crippen LogP contribution in [-0.4, -0.2) is 23.1 Å². The number of nitrogens with zero attached hydrogens (tertiary/aromatic N) is 1. The average Bonchev–Trinajstić information content (AvgIpc) is 2.45. The molecule has 0 bridgehead atoms. The second-order valence-corrected chi connectivity index (χ2v) is 7.13. The maximum atomic E-state index is 11.5. The number of benzene rings is 1. The minimum atomic E-state index is -0.326. The van der Waals surface area contributed by atoms with Crippen molar-refractivity contribution < 1.29 is 4.42 Å². The van der Waals surface area contributed by atoms with Gasteiger partial charge in [0.05, 0.1) is 0 Å². The first-order valence-electron chi connectivity index (χ1n) is 8.03. The van der Waals surface area contributed by atoms with E-state index in [0.717, 1.165) is 34.8 Å². The molecule has 1 aromatic carbocycles. The summed E-state index contributed by atoms with van der Waals surface area (Å²) in [6, 6.07) is 7.28. The summed E-state index contributed by atoms with van der Waals surface area (Å²) < 4.78 is 5.29. The number of anilines is 1. The third-order valence-electron chi connectivity index (χ3n) is 4.36. The Morgan fingerprint density at radius 2 is 1.96 bits per heavy atom. The average molecular weight is 330 g/mol. The van der Waals surface area contributed by atoms with Crippen LogP contribution in [0.1, 0.15) is 25.8 Å². The largest absolute Gasteiger partial charge is 0.423 e. The normalized spacial score (nSPS) is 21.4. The summed E-state index contributed by atoms with van der Waals surface area (Å²) in [5.41, 5.74) is 2.03. The van der Waals surface area contributed by atoms with Crippen molar-refractivity contribution in [3.05, 3.63) is 40.2 Å². The number of piperidine rings is 1.